The third kappa shape index (κ3) is 4.29. The molecule has 1 aromatic rings. The lowest BCUT2D eigenvalue weighted by Gasteiger charge is -2.33. The van der Waals surface area contributed by atoms with Crippen molar-refractivity contribution in [3.05, 3.63) is 23.7 Å². The fourth-order valence-corrected chi connectivity index (χ4v) is 4.10. The topological polar surface area (TPSA) is 65.8 Å². The monoisotopic (exact) mass is 359 g/mol. The minimum atomic E-state index is -0.148. The van der Waals surface area contributed by atoms with E-state index in [4.69, 9.17) is 4.42 Å². The molecule has 6 heteroatoms. The zero-order valence-electron chi connectivity index (χ0n) is 15.6. The number of carbonyl (C=O) groups excluding carboxylic acids is 2. The summed E-state index contributed by atoms with van der Waals surface area (Å²) in [5.74, 6) is 2.61. The molecule has 142 valence electrons. The Morgan fingerprint density at radius 1 is 1.23 bits per heavy atom. The number of nitrogens with zero attached hydrogens (tertiary/aromatic N) is 2. The number of hydrogen-bond acceptors (Lipinski definition) is 4. The Morgan fingerprint density at radius 3 is 2.65 bits per heavy atom. The number of amides is 2. The lowest BCUT2D eigenvalue weighted by Crippen LogP contribution is -2.39. The molecule has 2 amide bonds. The smallest absolute Gasteiger partial charge is 0.225 e. The highest BCUT2D eigenvalue weighted by atomic mass is 16.3. The van der Waals surface area contributed by atoms with Crippen LogP contribution in [0.25, 0.3) is 0 Å². The number of aryl methyl sites for hydroxylation is 1. The number of nitrogens with one attached hydrogen (secondary N) is 1. The Kier molecular flexibility index (Phi) is 5.02. The van der Waals surface area contributed by atoms with Gasteiger partial charge in [-0.25, -0.2) is 0 Å². The van der Waals surface area contributed by atoms with E-state index in [1.165, 1.54) is 0 Å². The summed E-state index contributed by atoms with van der Waals surface area (Å²) >= 11 is 0. The zero-order valence-corrected chi connectivity index (χ0v) is 15.6. The Hall–Kier alpha value is -1.82. The zero-order chi connectivity index (χ0) is 18.1. The number of likely N-dealkylation sites (tertiary alicyclic amines) is 2. The van der Waals surface area contributed by atoms with Crippen molar-refractivity contribution in [1.29, 1.82) is 0 Å². The largest absolute Gasteiger partial charge is 0.465 e. The van der Waals surface area contributed by atoms with Gasteiger partial charge in [0, 0.05) is 25.6 Å². The molecule has 26 heavy (non-hydrogen) atoms. The van der Waals surface area contributed by atoms with Crippen LogP contribution >= 0.6 is 0 Å². The molecule has 2 saturated heterocycles. The molecule has 0 spiro atoms. The Bertz CT molecular complexity index is 659. The first-order valence-electron chi connectivity index (χ1n) is 9.92. The van der Waals surface area contributed by atoms with Crippen LogP contribution < -0.4 is 5.32 Å². The van der Waals surface area contributed by atoms with E-state index in [2.05, 4.69) is 16.3 Å². The van der Waals surface area contributed by atoms with Crippen LogP contribution in [0.5, 0.6) is 0 Å². The second kappa shape index (κ2) is 7.43. The lowest BCUT2D eigenvalue weighted by atomic mass is 9.96. The third-order valence-electron chi connectivity index (χ3n) is 5.87. The Morgan fingerprint density at radius 2 is 2.00 bits per heavy atom. The van der Waals surface area contributed by atoms with Crippen molar-refractivity contribution in [2.45, 2.75) is 51.6 Å². The van der Waals surface area contributed by atoms with Crippen LogP contribution in [0.3, 0.4) is 0 Å². The summed E-state index contributed by atoms with van der Waals surface area (Å²) in [7, 11) is 0. The second-order valence-electron chi connectivity index (χ2n) is 8.21. The molecular weight excluding hydrogens is 330 g/mol. The highest BCUT2D eigenvalue weighted by molar-refractivity contribution is 5.89. The van der Waals surface area contributed by atoms with Crippen molar-refractivity contribution in [2.75, 3.05) is 26.2 Å². The predicted molar refractivity (Wildman–Crippen MR) is 97.3 cm³/mol. The Balaban J connectivity index is 1.21. The average Bonchev–Trinajstić information content (AvgIpc) is 3.22. The van der Waals surface area contributed by atoms with Crippen LogP contribution in [-0.4, -0.2) is 53.8 Å². The molecule has 1 unspecified atom stereocenters. The molecule has 1 atom stereocenters. The van der Waals surface area contributed by atoms with E-state index in [0.29, 0.717) is 24.9 Å². The normalized spacial score (nSPS) is 25.0. The molecule has 1 N–H and O–H groups in total. The van der Waals surface area contributed by atoms with Crippen LogP contribution in [0.4, 0.5) is 0 Å². The maximum absolute atomic E-state index is 12.3. The number of piperidine rings is 1. The van der Waals surface area contributed by atoms with Crippen LogP contribution in [-0.2, 0) is 16.1 Å². The lowest BCUT2D eigenvalue weighted by molar-refractivity contribution is -0.129. The summed E-state index contributed by atoms with van der Waals surface area (Å²) in [6.45, 7) is 6.33. The van der Waals surface area contributed by atoms with Gasteiger partial charge in [0.25, 0.3) is 0 Å². The SMILES string of the molecule is Cc1ccc(CN2CCC(CN3CC(C(=O)NC4CC4)CC3=O)CC2)o1. The number of hydrogen-bond donors (Lipinski definition) is 1. The van der Waals surface area contributed by atoms with Gasteiger partial charge < -0.3 is 14.6 Å². The van der Waals surface area contributed by atoms with Gasteiger partial charge >= 0.3 is 0 Å². The molecule has 3 fully saturated rings. The van der Waals surface area contributed by atoms with E-state index in [0.717, 1.165) is 63.4 Å². The fourth-order valence-electron chi connectivity index (χ4n) is 4.10. The van der Waals surface area contributed by atoms with Gasteiger partial charge in [0.2, 0.25) is 11.8 Å². The number of rotatable bonds is 6. The van der Waals surface area contributed by atoms with E-state index < -0.39 is 0 Å². The van der Waals surface area contributed by atoms with Gasteiger partial charge in [-0.3, -0.25) is 14.5 Å². The van der Waals surface area contributed by atoms with Gasteiger partial charge in [-0.2, -0.15) is 0 Å². The summed E-state index contributed by atoms with van der Waals surface area (Å²) < 4.78 is 5.67. The Labute approximate surface area is 154 Å². The van der Waals surface area contributed by atoms with Crippen molar-refractivity contribution in [3.8, 4) is 0 Å². The van der Waals surface area contributed by atoms with Gasteiger partial charge in [-0.05, 0) is 63.7 Å². The van der Waals surface area contributed by atoms with E-state index in [1.54, 1.807) is 0 Å². The van der Waals surface area contributed by atoms with Crippen LogP contribution in [0.15, 0.2) is 16.5 Å². The first-order chi connectivity index (χ1) is 12.6. The van der Waals surface area contributed by atoms with Crippen LogP contribution in [0, 0.1) is 18.8 Å². The molecular formula is C20H29N3O3. The van der Waals surface area contributed by atoms with E-state index in [1.807, 2.05) is 17.9 Å². The van der Waals surface area contributed by atoms with E-state index in [9.17, 15) is 9.59 Å². The molecule has 1 aromatic heterocycles. The molecule has 2 aliphatic heterocycles. The van der Waals surface area contributed by atoms with E-state index in [-0.39, 0.29) is 17.7 Å². The van der Waals surface area contributed by atoms with Crippen LogP contribution in [0.1, 0.15) is 43.6 Å². The third-order valence-corrected chi connectivity index (χ3v) is 5.87. The molecule has 3 aliphatic rings. The summed E-state index contributed by atoms with van der Waals surface area (Å²) in [5, 5.41) is 3.04. The maximum Gasteiger partial charge on any atom is 0.225 e. The van der Waals surface area contributed by atoms with Gasteiger partial charge in [-0.1, -0.05) is 0 Å². The molecule has 1 saturated carbocycles. The first kappa shape index (κ1) is 17.6. The molecule has 0 radical (unpaired) electrons. The standard InChI is InChI=1S/C20H29N3O3/c1-14-2-5-18(26-14)13-22-8-6-15(7-9-22)11-23-12-16(10-19(23)24)20(25)21-17-3-4-17/h2,5,15-17H,3-4,6-13H2,1H3,(H,21,25). The number of carbonyl (C=O) groups is 2. The summed E-state index contributed by atoms with van der Waals surface area (Å²) in [4.78, 5) is 28.8. The summed E-state index contributed by atoms with van der Waals surface area (Å²) in [6, 6.07) is 4.43. The van der Waals surface area contributed by atoms with Crippen molar-refractivity contribution >= 4 is 11.8 Å². The second-order valence-corrected chi connectivity index (χ2v) is 8.21. The molecule has 6 nitrogen and oxygen atoms in total. The number of furan rings is 1. The fraction of sp³-hybridized carbons (Fsp3) is 0.700. The summed E-state index contributed by atoms with van der Waals surface area (Å²) in [6.07, 6.45) is 4.76. The maximum atomic E-state index is 12.3. The molecule has 4 rings (SSSR count). The highest BCUT2D eigenvalue weighted by Gasteiger charge is 2.37. The molecule has 3 heterocycles. The first-order valence-corrected chi connectivity index (χ1v) is 9.92. The minimum Gasteiger partial charge on any atom is -0.465 e. The van der Waals surface area contributed by atoms with Crippen LogP contribution in [0.2, 0.25) is 0 Å². The van der Waals surface area contributed by atoms with Crippen molar-refractivity contribution in [1.82, 2.24) is 15.1 Å². The van der Waals surface area contributed by atoms with Gasteiger partial charge in [-0.15, -0.1) is 0 Å². The summed E-state index contributed by atoms with van der Waals surface area (Å²) in [5.41, 5.74) is 0. The highest BCUT2D eigenvalue weighted by Crippen LogP contribution is 2.26. The average molecular weight is 359 g/mol. The quantitative estimate of drug-likeness (QED) is 0.843. The molecule has 0 aromatic carbocycles. The van der Waals surface area contributed by atoms with Crippen molar-refractivity contribution in [2.24, 2.45) is 11.8 Å². The van der Waals surface area contributed by atoms with Crippen molar-refractivity contribution in [3.63, 3.8) is 0 Å². The van der Waals surface area contributed by atoms with Gasteiger partial charge in [0.05, 0.1) is 12.5 Å². The van der Waals surface area contributed by atoms with Gasteiger partial charge in [0.15, 0.2) is 0 Å². The van der Waals surface area contributed by atoms with Gasteiger partial charge in [0.1, 0.15) is 11.5 Å². The minimum absolute atomic E-state index is 0.0758. The molecule has 0 bridgehead atoms. The predicted octanol–water partition coefficient (Wildman–Crippen LogP) is 1.93. The van der Waals surface area contributed by atoms with E-state index >= 15 is 0 Å². The van der Waals surface area contributed by atoms with Crippen molar-refractivity contribution < 1.29 is 14.0 Å². The molecule has 1 aliphatic carbocycles.